The molecule has 1 amide bonds. The van der Waals surface area contributed by atoms with Gasteiger partial charge >= 0.3 is 0 Å². The van der Waals surface area contributed by atoms with Gasteiger partial charge in [0, 0.05) is 31.8 Å². The van der Waals surface area contributed by atoms with Crippen LogP contribution in [0.5, 0.6) is 0 Å². The second kappa shape index (κ2) is 14.3. The highest BCUT2D eigenvalue weighted by atomic mass is 35.5. The third kappa shape index (κ3) is 8.13. The van der Waals surface area contributed by atoms with E-state index in [-0.39, 0.29) is 11.8 Å². The van der Waals surface area contributed by atoms with E-state index >= 15 is 0 Å². The van der Waals surface area contributed by atoms with E-state index in [1.54, 1.807) is 0 Å². The fourth-order valence-electron chi connectivity index (χ4n) is 2.56. The average molecular weight is 357 g/mol. The van der Waals surface area contributed by atoms with Gasteiger partial charge in [-0.25, -0.2) is 0 Å². The number of rotatable bonds is 10. The fraction of sp³-hybridized carbons (Fsp3) is 0.632. The molecule has 4 nitrogen and oxygen atoms in total. The Morgan fingerprint density at radius 2 is 1.62 bits per heavy atom. The van der Waals surface area contributed by atoms with Gasteiger partial charge in [0.1, 0.15) is 0 Å². The lowest BCUT2D eigenvalue weighted by Gasteiger charge is -2.27. The minimum atomic E-state index is -0.137. The van der Waals surface area contributed by atoms with E-state index in [0.29, 0.717) is 11.6 Å². The molecule has 0 radical (unpaired) electrons. The Balaban J connectivity index is 0.00000254. The van der Waals surface area contributed by atoms with Crippen LogP contribution in [0.2, 0.25) is 5.02 Å². The van der Waals surface area contributed by atoms with E-state index in [9.17, 15) is 4.79 Å². The van der Waals surface area contributed by atoms with E-state index < -0.39 is 0 Å². The maximum atomic E-state index is 13.0. The molecular formula is C19H33ClN2O2. The molecule has 0 aliphatic heterocycles. The molecule has 0 aromatic heterocycles. The lowest BCUT2D eigenvalue weighted by atomic mass is 9.97. The van der Waals surface area contributed by atoms with Crippen molar-refractivity contribution in [2.75, 3.05) is 33.3 Å². The summed E-state index contributed by atoms with van der Waals surface area (Å²) in [6.07, 6.45) is 3.04. The summed E-state index contributed by atoms with van der Waals surface area (Å²) in [6, 6.07) is 7.66. The number of amides is 1. The number of benzene rings is 1. The van der Waals surface area contributed by atoms with Crippen LogP contribution in [0.4, 0.5) is 0 Å². The number of aliphatic hydroxyl groups excluding tert-OH is 1. The van der Waals surface area contributed by atoms with Crippen molar-refractivity contribution in [3.8, 4) is 0 Å². The summed E-state index contributed by atoms with van der Waals surface area (Å²) < 4.78 is 0. The van der Waals surface area contributed by atoms with Crippen molar-refractivity contribution in [2.24, 2.45) is 0 Å². The van der Waals surface area contributed by atoms with Crippen molar-refractivity contribution in [3.05, 3.63) is 34.9 Å². The molecule has 0 saturated carbocycles. The normalized spacial score (nSPS) is 11.4. The number of halogens is 1. The summed E-state index contributed by atoms with van der Waals surface area (Å²) in [5, 5.41) is 11.1. The Hall–Kier alpha value is -1.10. The van der Waals surface area contributed by atoms with Gasteiger partial charge in [0.15, 0.2) is 0 Å². The Kier molecular flexibility index (Phi) is 13.6. The molecule has 138 valence electrons. The van der Waals surface area contributed by atoms with E-state index in [4.69, 9.17) is 16.7 Å². The number of carbonyl (C=O) groups excluding carboxylic acids is 1. The Bertz CT molecular complexity index is 431. The van der Waals surface area contributed by atoms with Crippen LogP contribution < -0.4 is 5.32 Å². The molecule has 1 aromatic rings. The minimum absolute atomic E-state index is 0.137. The van der Waals surface area contributed by atoms with Crippen molar-refractivity contribution in [3.63, 3.8) is 0 Å². The molecule has 0 aliphatic carbocycles. The van der Waals surface area contributed by atoms with Crippen LogP contribution in [0.25, 0.3) is 0 Å². The van der Waals surface area contributed by atoms with Crippen molar-refractivity contribution < 1.29 is 9.90 Å². The standard InChI is InChI=1S/C18H29ClN2O.CH4O/c1-4-11-20-14-17(15-7-9-16(19)10-8-15)18(22)21(12-5-2)13-6-3;1-2/h7-10,17,20H,4-6,11-14H2,1-3H3;2H,1H3/t17-;/m1./s1. The highest BCUT2D eigenvalue weighted by Gasteiger charge is 2.24. The number of hydrogen-bond donors (Lipinski definition) is 2. The monoisotopic (exact) mass is 356 g/mol. The lowest BCUT2D eigenvalue weighted by molar-refractivity contribution is -0.132. The quantitative estimate of drug-likeness (QED) is 0.629. The molecule has 1 aromatic carbocycles. The van der Waals surface area contributed by atoms with Crippen LogP contribution in [0, 0.1) is 0 Å². The third-order valence-corrected chi connectivity index (χ3v) is 3.90. The number of aliphatic hydroxyl groups is 1. The van der Waals surface area contributed by atoms with Gasteiger partial charge < -0.3 is 15.3 Å². The van der Waals surface area contributed by atoms with Gasteiger partial charge in [-0.15, -0.1) is 0 Å². The summed E-state index contributed by atoms with van der Waals surface area (Å²) in [4.78, 5) is 14.9. The molecule has 0 fully saturated rings. The first-order chi connectivity index (χ1) is 11.6. The molecule has 5 heteroatoms. The Labute approximate surface area is 152 Å². The molecule has 0 unspecified atom stereocenters. The van der Waals surface area contributed by atoms with Crippen molar-refractivity contribution >= 4 is 17.5 Å². The first kappa shape index (κ1) is 22.9. The van der Waals surface area contributed by atoms with Gasteiger partial charge in [-0.2, -0.15) is 0 Å². The maximum absolute atomic E-state index is 13.0. The second-order valence-corrected chi connectivity index (χ2v) is 6.07. The second-order valence-electron chi connectivity index (χ2n) is 5.63. The van der Waals surface area contributed by atoms with Gasteiger partial charge in [-0.1, -0.05) is 44.5 Å². The third-order valence-electron chi connectivity index (χ3n) is 3.64. The number of carbonyl (C=O) groups is 1. The van der Waals surface area contributed by atoms with E-state index in [0.717, 1.165) is 51.6 Å². The van der Waals surface area contributed by atoms with Crippen molar-refractivity contribution in [2.45, 2.75) is 46.0 Å². The zero-order valence-corrected chi connectivity index (χ0v) is 16.3. The van der Waals surface area contributed by atoms with Crippen molar-refractivity contribution in [1.29, 1.82) is 0 Å². The number of nitrogens with zero attached hydrogens (tertiary/aromatic N) is 1. The summed E-state index contributed by atoms with van der Waals surface area (Å²) >= 11 is 5.97. The minimum Gasteiger partial charge on any atom is -0.400 e. The molecule has 0 spiro atoms. The predicted octanol–water partition coefficient (Wildman–Crippen LogP) is 3.68. The van der Waals surface area contributed by atoms with Crippen LogP contribution in [0.15, 0.2) is 24.3 Å². The summed E-state index contributed by atoms with van der Waals surface area (Å²) in [7, 11) is 1.00. The average Bonchev–Trinajstić information content (AvgIpc) is 2.61. The maximum Gasteiger partial charge on any atom is 0.231 e. The smallest absolute Gasteiger partial charge is 0.231 e. The molecule has 0 bridgehead atoms. The summed E-state index contributed by atoms with van der Waals surface area (Å²) in [5.74, 6) is 0.0801. The SMILES string of the molecule is CCCNC[C@@H](C(=O)N(CCC)CCC)c1ccc(Cl)cc1.CO. The van der Waals surface area contributed by atoms with Crippen LogP contribution in [0.3, 0.4) is 0 Å². The highest BCUT2D eigenvalue weighted by molar-refractivity contribution is 6.30. The highest BCUT2D eigenvalue weighted by Crippen LogP contribution is 2.21. The summed E-state index contributed by atoms with van der Waals surface area (Å²) in [6.45, 7) is 9.62. The Morgan fingerprint density at radius 3 is 2.08 bits per heavy atom. The molecular weight excluding hydrogens is 324 g/mol. The zero-order valence-electron chi connectivity index (χ0n) is 15.5. The fourth-order valence-corrected chi connectivity index (χ4v) is 2.68. The molecule has 0 saturated heterocycles. The molecule has 0 aliphatic rings. The largest absolute Gasteiger partial charge is 0.400 e. The van der Waals surface area contributed by atoms with Crippen LogP contribution in [-0.2, 0) is 4.79 Å². The molecule has 2 N–H and O–H groups in total. The molecule has 1 atom stereocenters. The number of nitrogens with one attached hydrogen (secondary N) is 1. The van der Waals surface area contributed by atoms with Gasteiger partial charge in [-0.05, 0) is 43.5 Å². The number of hydrogen-bond acceptors (Lipinski definition) is 3. The molecule has 24 heavy (non-hydrogen) atoms. The van der Waals surface area contributed by atoms with E-state index in [2.05, 4.69) is 26.1 Å². The first-order valence-corrected chi connectivity index (χ1v) is 9.21. The van der Waals surface area contributed by atoms with Crippen molar-refractivity contribution in [1.82, 2.24) is 10.2 Å². The van der Waals surface area contributed by atoms with Crippen LogP contribution in [-0.4, -0.2) is 49.2 Å². The zero-order chi connectivity index (χ0) is 18.4. The lowest BCUT2D eigenvalue weighted by Crippen LogP contribution is -2.40. The van der Waals surface area contributed by atoms with E-state index in [1.807, 2.05) is 29.2 Å². The first-order valence-electron chi connectivity index (χ1n) is 8.83. The molecule has 1 rings (SSSR count). The van der Waals surface area contributed by atoms with Gasteiger partial charge in [-0.3, -0.25) is 4.79 Å². The van der Waals surface area contributed by atoms with E-state index in [1.165, 1.54) is 0 Å². The van der Waals surface area contributed by atoms with Crippen LogP contribution >= 0.6 is 11.6 Å². The van der Waals surface area contributed by atoms with Gasteiger partial charge in [0.2, 0.25) is 5.91 Å². The molecule has 0 heterocycles. The Morgan fingerprint density at radius 1 is 1.08 bits per heavy atom. The topological polar surface area (TPSA) is 52.6 Å². The van der Waals surface area contributed by atoms with Crippen LogP contribution in [0.1, 0.15) is 51.5 Å². The van der Waals surface area contributed by atoms with Gasteiger partial charge in [0.05, 0.1) is 5.92 Å². The van der Waals surface area contributed by atoms with Gasteiger partial charge in [0.25, 0.3) is 0 Å². The summed E-state index contributed by atoms with van der Waals surface area (Å²) in [5.41, 5.74) is 1.04. The predicted molar refractivity (Wildman–Crippen MR) is 103 cm³/mol.